The lowest BCUT2D eigenvalue weighted by molar-refractivity contribution is 0.0628. The van der Waals surface area contributed by atoms with Crippen molar-refractivity contribution in [1.29, 1.82) is 0 Å². The summed E-state index contributed by atoms with van der Waals surface area (Å²) in [7, 11) is 0. The van der Waals surface area contributed by atoms with E-state index < -0.39 is 0 Å². The largest absolute Gasteiger partial charge is 0.487 e. The Labute approximate surface area is 193 Å². The summed E-state index contributed by atoms with van der Waals surface area (Å²) in [5.41, 5.74) is 3.82. The van der Waals surface area contributed by atoms with Gasteiger partial charge in [0.25, 0.3) is 5.91 Å². The first-order valence-electron chi connectivity index (χ1n) is 10.7. The van der Waals surface area contributed by atoms with Crippen LogP contribution in [-0.4, -0.2) is 41.9 Å². The van der Waals surface area contributed by atoms with Gasteiger partial charge in [-0.05, 0) is 60.0 Å². The summed E-state index contributed by atoms with van der Waals surface area (Å²) in [6, 6.07) is 19.8. The average molecular weight is 453 g/mol. The zero-order chi connectivity index (χ0) is 22.5. The van der Waals surface area contributed by atoms with Crippen LogP contribution in [0.25, 0.3) is 0 Å². The minimum absolute atomic E-state index is 0.0422. The van der Waals surface area contributed by atoms with Crippen LogP contribution >= 0.6 is 11.6 Å². The zero-order valence-electron chi connectivity index (χ0n) is 18.1. The maximum absolute atomic E-state index is 13.1. The van der Waals surface area contributed by atoms with Gasteiger partial charge in [-0.2, -0.15) is 0 Å². The topological polar surface area (TPSA) is 32.8 Å². The Morgan fingerprint density at radius 3 is 2.28 bits per heavy atom. The molecule has 0 radical (unpaired) electrons. The van der Waals surface area contributed by atoms with Gasteiger partial charge in [0.1, 0.15) is 18.2 Å². The molecule has 0 spiro atoms. The molecule has 0 N–H and O–H groups in total. The molecule has 0 saturated carbocycles. The van der Waals surface area contributed by atoms with Crippen molar-refractivity contribution in [2.45, 2.75) is 20.1 Å². The van der Waals surface area contributed by atoms with Gasteiger partial charge >= 0.3 is 0 Å². The summed E-state index contributed by atoms with van der Waals surface area (Å²) in [5, 5.41) is 0.584. The number of piperazine rings is 1. The van der Waals surface area contributed by atoms with Crippen molar-refractivity contribution in [2.75, 3.05) is 26.2 Å². The maximum atomic E-state index is 13.1. The molecular formula is C26H26ClFN2O2. The highest BCUT2D eigenvalue weighted by molar-refractivity contribution is 6.32. The number of ether oxygens (including phenoxy) is 1. The van der Waals surface area contributed by atoms with Crippen molar-refractivity contribution < 1.29 is 13.9 Å². The highest BCUT2D eigenvalue weighted by Crippen LogP contribution is 2.26. The molecule has 0 aliphatic carbocycles. The fourth-order valence-corrected chi connectivity index (χ4v) is 3.94. The minimum Gasteiger partial charge on any atom is -0.487 e. The summed E-state index contributed by atoms with van der Waals surface area (Å²) in [6.45, 7) is 6.10. The van der Waals surface area contributed by atoms with E-state index in [2.05, 4.69) is 4.90 Å². The van der Waals surface area contributed by atoms with Crippen LogP contribution in [0.1, 0.15) is 27.0 Å². The highest BCUT2D eigenvalue weighted by atomic mass is 35.5. The number of hydrogen-bond acceptors (Lipinski definition) is 3. The van der Waals surface area contributed by atoms with Crippen molar-refractivity contribution in [1.82, 2.24) is 9.80 Å². The van der Waals surface area contributed by atoms with E-state index in [1.165, 1.54) is 12.1 Å². The van der Waals surface area contributed by atoms with Crippen LogP contribution < -0.4 is 4.74 Å². The SMILES string of the molecule is Cc1ccc(Cl)c(OCc2ccc(C(=O)N3CCN(Cc4ccc(F)cc4)CC3)cc2)c1. The van der Waals surface area contributed by atoms with E-state index in [1.54, 1.807) is 0 Å². The first-order valence-corrected chi connectivity index (χ1v) is 11.1. The van der Waals surface area contributed by atoms with Crippen LogP contribution in [0, 0.1) is 12.7 Å². The maximum Gasteiger partial charge on any atom is 0.253 e. The second kappa shape index (κ2) is 10.2. The Morgan fingerprint density at radius 1 is 0.938 bits per heavy atom. The van der Waals surface area contributed by atoms with E-state index in [9.17, 15) is 9.18 Å². The monoisotopic (exact) mass is 452 g/mol. The van der Waals surface area contributed by atoms with Gasteiger partial charge in [-0.25, -0.2) is 4.39 Å². The second-order valence-corrected chi connectivity index (χ2v) is 8.52. The number of carbonyl (C=O) groups is 1. The van der Waals surface area contributed by atoms with E-state index in [1.807, 2.05) is 66.4 Å². The molecule has 1 aliphatic heterocycles. The average Bonchev–Trinajstić information content (AvgIpc) is 2.81. The molecule has 0 aromatic heterocycles. The molecular weight excluding hydrogens is 427 g/mol. The fourth-order valence-electron chi connectivity index (χ4n) is 3.77. The Kier molecular flexibility index (Phi) is 7.08. The molecule has 1 fully saturated rings. The van der Waals surface area contributed by atoms with Crippen molar-refractivity contribution >= 4 is 17.5 Å². The summed E-state index contributed by atoms with van der Waals surface area (Å²) < 4.78 is 18.9. The van der Waals surface area contributed by atoms with Crippen LogP contribution in [0.4, 0.5) is 4.39 Å². The Hall–Kier alpha value is -2.89. The predicted octanol–water partition coefficient (Wildman–Crippen LogP) is 5.32. The lowest BCUT2D eigenvalue weighted by Crippen LogP contribution is -2.48. The molecule has 1 aliphatic rings. The molecule has 32 heavy (non-hydrogen) atoms. The Bertz CT molecular complexity index is 1060. The number of hydrogen-bond donors (Lipinski definition) is 0. The van der Waals surface area contributed by atoms with Crippen molar-refractivity contribution in [2.24, 2.45) is 0 Å². The lowest BCUT2D eigenvalue weighted by Gasteiger charge is -2.34. The first-order chi connectivity index (χ1) is 15.5. The van der Waals surface area contributed by atoms with Crippen molar-refractivity contribution in [3.8, 4) is 5.75 Å². The molecule has 1 saturated heterocycles. The smallest absolute Gasteiger partial charge is 0.253 e. The van der Waals surface area contributed by atoms with Gasteiger partial charge in [0.05, 0.1) is 5.02 Å². The predicted molar refractivity (Wildman–Crippen MR) is 125 cm³/mol. The van der Waals surface area contributed by atoms with Crippen LogP contribution in [0.15, 0.2) is 66.7 Å². The summed E-state index contributed by atoms with van der Waals surface area (Å²) in [4.78, 5) is 17.1. The summed E-state index contributed by atoms with van der Waals surface area (Å²) >= 11 is 6.18. The van der Waals surface area contributed by atoms with Gasteiger partial charge < -0.3 is 9.64 Å². The summed E-state index contributed by atoms with van der Waals surface area (Å²) in [6.07, 6.45) is 0. The molecule has 0 atom stereocenters. The molecule has 166 valence electrons. The van der Waals surface area contributed by atoms with E-state index in [0.717, 1.165) is 36.3 Å². The molecule has 1 heterocycles. The molecule has 0 bridgehead atoms. The van der Waals surface area contributed by atoms with Gasteiger partial charge in [-0.15, -0.1) is 0 Å². The number of benzene rings is 3. The summed E-state index contributed by atoms with van der Waals surface area (Å²) in [5.74, 6) is 0.478. The number of nitrogens with zero attached hydrogens (tertiary/aromatic N) is 2. The quantitative estimate of drug-likeness (QED) is 0.507. The van der Waals surface area contributed by atoms with E-state index >= 15 is 0 Å². The Balaban J connectivity index is 1.28. The van der Waals surface area contributed by atoms with Gasteiger partial charge in [-0.3, -0.25) is 9.69 Å². The van der Waals surface area contributed by atoms with Crippen LogP contribution in [0.2, 0.25) is 5.02 Å². The number of rotatable bonds is 6. The normalized spacial score (nSPS) is 14.4. The van der Waals surface area contributed by atoms with Crippen molar-refractivity contribution in [3.05, 3.63) is 99.8 Å². The molecule has 3 aromatic carbocycles. The van der Waals surface area contributed by atoms with E-state index in [4.69, 9.17) is 16.3 Å². The van der Waals surface area contributed by atoms with Crippen LogP contribution in [0.5, 0.6) is 5.75 Å². The second-order valence-electron chi connectivity index (χ2n) is 8.11. The number of halogens is 2. The van der Waals surface area contributed by atoms with E-state index in [-0.39, 0.29) is 11.7 Å². The van der Waals surface area contributed by atoms with Gasteiger partial charge in [0.15, 0.2) is 0 Å². The standard InChI is InChI=1S/C26H26ClFN2O2/c1-19-2-11-24(27)25(16-19)32-18-21-3-7-22(8-4-21)26(31)30-14-12-29(13-15-30)17-20-5-9-23(28)10-6-20/h2-11,16H,12-15,17-18H2,1H3. The lowest BCUT2D eigenvalue weighted by atomic mass is 10.1. The molecule has 3 aromatic rings. The fraction of sp³-hybridized carbons (Fsp3) is 0.269. The number of carbonyl (C=O) groups excluding carboxylic acids is 1. The first kappa shape index (κ1) is 22.3. The van der Waals surface area contributed by atoms with Gasteiger partial charge in [0.2, 0.25) is 0 Å². The van der Waals surface area contributed by atoms with Crippen LogP contribution in [-0.2, 0) is 13.2 Å². The molecule has 1 amide bonds. The Morgan fingerprint density at radius 2 is 1.59 bits per heavy atom. The van der Waals surface area contributed by atoms with Crippen molar-refractivity contribution in [3.63, 3.8) is 0 Å². The third-order valence-electron chi connectivity index (χ3n) is 5.66. The number of aryl methyl sites for hydroxylation is 1. The molecule has 4 rings (SSSR count). The zero-order valence-corrected chi connectivity index (χ0v) is 18.8. The number of amides is 1. The highest BCUT2D eigenvalue weighted by Gasteiger charge is 2.22. The third kappa shape index (κ3) is 5.67. The molecule has 6 heteroatoms. The minimum atomic E-state index is -0.222. The molecule has 0 unspecified atom stereocenters. The van der Waals surface area contributed by atoms with Gasteiger partial charge in [0, 0.05) is 38.3 Å². The third-order valence-corrected chi connectivity index (χ3v) is 5.97. The van der Waals surface area contributed by atoms with Crippen LogP contribution in [0.3, 0.4) is 0 Å². The van der Waals surface area contributed by atoms with E-state index in [0.29, 0.717) is 36.0 Å². The van der Waals surface area contributed by atoms with Gasteiger partial charge in [-0.1, -0.05) is 41.9 Å². The molecule has 4 nitrogen and oxygen atoms in total.